The molecule has 0 aromatic carbocycles. The van der Waals surface area contributed by atoms with Gasteiger partial charge in [-0.1, -0.05) is 30.2 Å². The molecule has 60 valence electrons. The predicted octanol–water partition coefficient (Wildman–Crippen LogP) is 3.31. The van der Waals surface area contributed by atoms with E-state index in [2.05, 4.69) is 38.8 Å². The second-order valence-electron chi connectivity index (χ2n) is 2.73. The summed E-state index contributed by atoms with van der Waals surface area (Å²) in [6, 6.07) is 0. The highest BCUT2D eigenvalue weighted by Crippen LogP contribution is 2.05. The molecule has 0 heteroatoms. The molecule has 0 saturated heterocycles. The van der Waals surface area contributed by atoms with Gasteiger partial charge in [-0.05, 0) is 20.3 Å². The Hall–Kier alpha value is -0.960. The lowest BCUT2D eigenvalue weighted by atomic mass is 10.1. The van der Waals surface area contributed by atoms with Crippen molar-refractivity contribution in [3.8, 4) is 12.3 Å². The van der Waals surface area contributed by atoms with Crippen molar-refractivity contribution in [2.45, 2.75) is 33.6 Å². The molecule has 0 amide bonds. The van der Waals surface area contributed by atoms with Gasteiger partial charge in [0.15, 0.2) is 0 Å². The monoisotopic (exact) mass is 148 g/mol. The molecule has 0 N–H and O–H groups in total. The normalized spacial score (nSPS) is 12.9. The van der Waals surface area contributed by atoms with Crippen LogP contribution in [0.5, 0.6) is 0 Å². The van der Waals surface area contributed by atoms with E-state index in [0.717, 1.165) is 12.8 Å². The number of terminal acetylenes is 1. The van der Waals surface area contributed by atoms with E-state index in [9.17, 15) is 0 Å². The Bertz CT molecular complexity index is 199. The highest BCUT2D eigenvalue weighted by Gasteiger charge is 1.85. The third kappa shape index (κ3) is 5.48. The van der Waals surface area contributed by atoms with Crippen molar-refractivity contribution in [2.75, 3.05) is 0 Å². The molecular weight excluding hydrogens is 132 g/mol. The van der Waals surface area contributed by atoms with Crippen LogP contribution < -0.4 is 0 Å². The summed E-state index contributed by atoms with van der Waals surface area (Å²) in [6.45, 7) is 6.30. The van der Waals surface area contributed by atoms with Crippen LogP contribution in [0.1, 0.15) is 33.6 Å². The van der Waals surface area contributed by atoms with E-state index < -0.39 is 0 Å². The average molecular weight is 148 g/mol. The van der Waals surface area contributed by atoms with Crippen molar-refractivity contribution in [2.24, 2.45) is 0 Å². The lowest BCUT2D eigenvalue weighted by molar-refractivity contribution is 1.18. The van der Waals surface area contributed by atoms with Gasteiger partial charge >= 0.3 is 0 Å². The van der Waals surface area contributed by atoms with Crippen molar-refractivity contribution >= 4 is 0 Å². The maximum atomic E-state index is 5.17. The first kappa shape index (κ1) is 10.0. The van der Waals surface area contributed by atoms with Crippen molar-refractivity contribution in [3.05, 3.63) is 23.3 Å². The molecule has 0 radical (unpaired) electrons. The van der Waals surface area contributed by atoms with Crippen LogP contribution in [0.4, 0.5) is 0 Å². The van der Waals surface area contributed by atoms with Gasteiger partial charge in [-0.2, -0.15) is 0 Å². The Morgan fingerprint density at radius 1 is 1.45 bits per heavy atom. The summed E-state index contributed by atoms with van der Waals surface area (Å²) >= 11 is 0. The van der Waals surface area contributed by atoms with E-state index in [1.54, 1.807) is 0 Å². The summed E-state index contributed by atoms with van der Waals surface area (Å²) in [5.74, 6) is 2.62. The summed E-state index contributed by atoms with van der Waals surface area (Å²) < 4.78 is 0. The first-order chi connectivity index (χ1) is 5.20. The Kier molecular flexibility index (Phi) is 5.29. The quantitative estimate of drug-likeness (QED) is 0.425. The van der Waals surface area contributed by atoms with Gasteiger partial charge in [0.2, 0.25) is 0 Å². The third-order valence-corrected chi connectivity index (χ3v) is 1.38. The topological polar surface area (TPSA) is 0 Å². The van der Waals surface area contributed by atoms with Crippen LogP contribution in [0.15, 0.2) is 23.3 Å². The molecule has 0 unspecified atom stereocenters. The molecule has 11 heavy (non-hydrogen) atoms. The summed E-state index contributed by atoms with van der Waals surface area (Å²) in [7, 11) is 0. The van der Waals surface area contributed by atoms with Gasteiger partial charge in [-0.3, -0.25) is 0 Å². The minimum atomic E-state index is 0.759. The Labute approximate surface area is 70.0 Å². The minimum absolute atomic E-state index is 0.759. The van der Waals surface area contributed by atoms with E-state index in [1.807, 2.05) is 0 Å². The van der Waals surface area contributed by atoms with E-state index >= 15 is 0 Å². The molecule has 0 nitrogen and oxygen atoms in total. The highest BCUT2D eigenvalue weighted by atomic mass is 13.9. The minimum Gasteiger partial charge on any atom is -0.120 e. The molecule has 0 spiro atoms. The summed E-state index contributed by atoms with van der Waals surface area (Å²) in [4.78, 5) is 0. The summed E-state index contributed by atoms with van der Waals surface area (Å²) in [5.41, 5.74) is 2.56. The van der Waals surface area contributed by atoms with Gasteiger partial charge in [0.1, 0.15) is 0 Å². The molecule has 0 bridgehead atoms. The van der Waals surface area contributed by atoms with E-state index in [4.69, 9.17) is 6.42 Å². The van der Waals surface area contributed by atoms with Crippen LogP contribution in [0.3, 0.4) is 0 Å². The molecule has 0 aliphatic heterocycles. The van der Waals surface area contributed by atoms with Gasteiger partial charge in [0.25, 0.3) is 0 Å². The third-order valence-electron chi connectivity index (χ3n) is 1.38. The fourth-order valence-electron chi connectivity index (χ4n) is 0.982. The number of hydrogen-bond acceptors (Lipinski definition) is 0. The van der Waals surface area contributed by atoms with Gasteiger partial charge in [-0.15, -0.1) is 12.3 Å². The van der Waals surface area contributed by atoms with Crippen LogP contribution in [0.2, 0.25) is 0 Å². The average Bonchev–Trinajstić information content (AvgIpc) is 1.87. The van der Waals surface area contributed by atoms with Gasteiger partial charge in [-0.25, -0.2) is 0 Å². The summed E-state index contributed by atoms with van der Waals surface area (Å²) in [5, 5.41) is 0. The molecular formula is C11H16. The van der Waals surface area contributed by atoms with Crippen molar-refractivity contribution in [3.63, 3.8) is 0 Å². The second-order valence-corrected chi connectivity index (χ2v) is 2.73. The molecule has 0 aliphatic rings. The lowest BCUT2D eigenvalue weighted by Crippen LogP contribution is -1.75. The maximum absolute atomic E-state index is 5.17. The number of rotatable bonds is 3. The maximum Gasteiger partial charge on any atom is 0.0297 e. The first-order valence-corrected chi connectivity index (χ1v) is 3.98. The molecule has 0 fully saturated rings. The van der Waals surface area contributed by atoms with Crippen LogP contribution in [0, 0.1) is 12.3 Å². The Balaban J connectivity index is 4.09. The van der Waals surface area contributed by atoms with Gasteiger partial charge in [0.05, 0.1) is 0 Å². The van der Waals surface area contributed by atoms with Crippen LogP contribution >= 0.6 is 0 Å². The molecule has 0 rings (SSSR count). The van der Waals surface area contributed by atoms with Gasteiger partial charge < -0.3 is 0 Å². The SMILES string of the molecule is C#CC/C(C)=C/C(C)=C\CC. The second kappa shape index (κ2) is 5.80. The molecule has 0 saturated carbocycles. The Morgan fingerprint density at radius 2 is 2.09 bits per heavy atom. The Morgan fingerprint density at radius 3 is 2.55 bits per heavy atom. The fourth-order valence-corrected chi connectivity index (χ4v) is 0.982. The molecule has 0 heterocycles. The molecule has 0 aromatic rings. The van der Waals surface area contributed by atoms with E-state index in [1.165, 1.54) is 11.1 Å². The van der Waals surface area contributed by atoms with E-state index in [-0.39, 0.29) is 0 Å². The molecule has 0 aliphatic carbocycles. The van der Waals surface area contributed by atoms with Gasteiger partial charge in [0, 0.05) is 6.42 Å². The first-order valence-electron chi connectivity index (χ1n) is 3.98. The number of hydrogen-bond donors (Lipinski definition) is 0. The largest absolute Gasteiger partial charge is 0.120 e. The van der Waals surface area contributed by atoms with Crippen LogP contribution in [0.25, 0.3) is 0 Å². The molecule has 0 aromatic heterocycles. The highest BCUT2D eigenvalue weighted by molar-refractivity contribution is 5.22. The zero-order valence-corrected chi connectivity index (χ0v) is 7.65. The van der Waals surface area contributed by atoms with Crippen molar-refractivity contribution in [1.82, 2.24) is 0 Å². The number of allylic oxidation sites excluding steroid dienone is 4. The molecule has 0 atom stereocenters. The van der Waals surface area contributed by atoms with Crippen molar-refractivity contribution < 1.29 is 0 Å². The van der Waals surface area contributed by atoms with Crippen LogP contribution in [-0.4, -0.2) is 0 Å². The standard InChI is InChI=1S/C11H16/c1-5-7-10(3)9-11(4)8-6-2/h1,8-9H,6-7H2,2-4H3/b10-9+,11-8-. The van der Waals surface area contributed by atoms with Crippen LogP contribution in [-0.2, 0) is 0 Å². The summed E-state index contributed by atoms with van der Waals surface area (Å²) in [6.07, 6.45) is 11.4. The smallest absolute Gasteiger partial charge is 0.0297 e. The zero-order chi connectivity index (χ0) is 8.69. The lowest BCUT2D eigenvalue weighted by Gasteiger charge is -1.94. The zero-order valence-electron chi connectivity index (χ0n) is 7.65. The predicted molar refractivity (Wildman–Crippen MR) is 51.3 cm³/mol. The fraction of sp³-hybridized carbons (Fsp3) is 0.455. The van der Waals surface area contributed by atoms with Crippen molar-refractivity contribution in [1.29, 1.82) is 0 Å². The van der Waals surface area contributed by atoms with E-state index in [0.29, 0.717) is 0 Å².